The van der Waals surface area contributed by atoms with E-state index in [2.05, 4.69) is 0 Å². The molecule has 0 aromatic carbocycles. The van der Waals surface area contributed by atoms with E-state index < -0.39 is 30.6 Å². The first-order valence-electron chi connectivity index (χ1n) is 5.04. The van der Waals surface area contributed by atoms with Crippen molar-refractivity contribution in [3.63, 3.8) is 0 Å². The Labute approximate surface area is 98.7 Å². The van der Waals surface area contributed by atoms with Crippen molar-refractivity contribution in [1.82, 2.24) is 0 Å². The number of alkyl halides is 8. The highest BCUT2D eigenvalue weighted by atomic mass is 19.4. The fourth-order valence-corrected chi connectivity index (χ4v) is 0.975. The molecule has 0 fully saturated rings. The first-order valence-corrected chi connectivity index (χ1v) is 5.04. The highest BCUT2D eigenvalue weighted by molar-refractivity contribution is 4.90. The summed E-state index contributed by atoms with van der Waals surface area (Å²) in [4.78, 5) is 0. The largest absolute Gasteiger partial charge is 0.453 e. The van der Waals surface area contributed by atoms with Crippen LogP contribution in [0.25, 0.3) is 0 Å². The summed E-state index contributed by atoms with van der Waals surface area (Å²) in [6.07, 6.45) is -10.7. The van der Waals surface area contributed by atoms with Crippen LogP contribution in [0.2, 0.25) is 0 Å². The van der Waals surface area contributed by atoms with Gasteiger partial charge < -0.3 is 0 Å². The molecule has 0 rings (SSSR count). The van der Waals surface area contributed by atoms with Crippen molar-refractivity contribution in [3.8, 4) is 0 Å². The van der Waals surface area contributed by atoms with Crippen LogP contribution in [0, 0.1) is 5.92 Å². The van der Waals surface area contributed by atoms with E-state index in [0.717, 1.165) is 13.0 Å². The van der Waals surface area contributed by atoms with Gasteiger partial charge >= 0.3 is 18.3 Å². The number of rotatable bonds is 5. The van der Waals surface area contributed by atoms with E-state index in [1.165, 1.54) is 0 Å². The fourth-order valence-electron chi connectivity index (χ4n) is 0.975. The third-order valence-electron chi connectivity index (χ3n) is 2.28. The Morgan fingerprint density at radius 2 is 1.39 bits per heavy atom. The summed E-state index contributed by atoms with van der Waals surface area (Å²) in [5.41, 5.74) is 0. The molecule has 0 aliphatic carbocycles. The van der Waals surface area contributed by atoms with Crippen molar-refractivity contribution in [2.75, 3.05) is 0 Å². The molecule has 0 aromatic heterocycles. The average molecular weight is 284 g/mol. The van der Waals surface area contributed by atoms with Crippen LogP contribution >= 0.6 is 0 Å². The Kier molecular flexibility index (Phi) is 5.61. The number of hydrogen-bond acceptors (Lipinski definition) is 0. The molecule has 0 saturated carbocycles. The van der Waals surface area contributed by atoms with Gasteiger partial charge in [0.25, 0.3) is 0 Å². The van der Waals surface area contributed by atoms with E-state index in [9.17, 15) is 35.1 Å². The lowest BCUT2D eigenvalue weighted by Gasteiger charge is -2.17. The first kappa shape index (κ1) is 17.2. The topological polar surface area (TPSA) is 0 Å². The van der Waals surface area contributed by atoms with Gasteiger partial charge in [-0.25, -0.2) is 0 Å². The van der Waals surface area contributed by atoms with Crippen molar-refractivity contribution in [2.24, 2.45) is 5.92 Å². The van der Waals surface area contributed by atoms with Gasteiger partial charge in [0.05, 0.1) is 5.92 Å². The summed E-state index contributed by atoms with van der Waals surface area (Å²) in [7, 11) is 0. The van der Waals surface area contributed by atoms with Gasteiger partial charge in [0.1, 0.15) is 0 Å². The van der Waals surface area contributed by atoms with Crippen LogP contribution in [0.15, 0.2) is 12.2 Å². The second kappa shape index (κ2) is 5.88. The molecule has 0 spiro atoms. The van der Waals surface area contributed by atoms with Gasteiger partial charge in [0.15, 0.2) is 0 Å². The van der Waals surface area contributed by atoms with Crippen LogP contribution in [-0.4, -0.2) is 18.3 Å². The predicted octanol–water partition coefficient (Wildman–Crippen LogP) is 5.11. The molecule has 18 heavy (non-hydrogen) atoms. The minimum Gasteiger partial charge on any atom is -0.196 e. The summed E-state index contributed by atoms with van der Waals surface area (Å²) >= 11 is 0. The first-order chi connectivity index (χ1) is 7.88. The van der Waals surface area contributed by atoms with Crippen LogP contribution in [-0.2, 0) is 0 Å². The quantitative estimate of drug-likeness (QED) is 0.486. The average Bonchev–Trinajstić information content (AvgIpc) is 2.13. The highest BCUT2D eigenvalue weighted by Crippen LogP contribution is 2.38. The zero-order chi connectivity index (χ0) is 14.6. The third kappa shape index (κ3) is 5.68. The maximum Gasteiger partial charge on any atom is 0.453 e. The molecule has 108 valence electrons. The summed E-state index contributed by atoms with van der Waals surface area (Å²) in [6.45, 7) is 0.915. The molecule has 0 saturated heterocycles. The van der Waals surface area contributed by atoms with Crippen LogP contribution in [0.4, 0.5) is 35.1 Å². The summed E-state index contributed by atoms with van der Waals surface area (Å²) < 4.78 is 95.8. The van der Waals surface area contributed by atoms with Gasteiger partial charge in [0.2, 0.25) is 0 Å². The zero-order valence-corrected chi connectivity index (χ0v) is 9.38. The molecule has 8 heteroatoms. The van der Waals surface area contributed by atoms with E-state index in [-0.39, 0.29) is 12.8 Å². The normalized spacial score (nSPS) is 16.3. The van der Waals surface area contributed by atoms with Crippen LogP contribution in [0.5, 0.6) is 0 Å². The molecule has 0 aliphatic rings. The molecular weight excluding hydrogens is 272 g/mol. The molecule has 1 unspecified atom stereocenters. The summed E-state index contributed by atoms with van der Waals surface area (Å²) in [5, 5.41) is 0. The van der Waals surface area contributed by atoms with Gasteiger partial charge in [-0.2, -0.15) is 35.1 Å². The number of halogens is 8. The number of hydrogen-bond donors (Lipinski definition) is 0. The standard InChI is InChI=1S/C10H12F8/c1-7(9(13,14)15)5-3-2-4-6-8(11,12)10(16,17)18/h2,4,7H,3,5-6H2,1H3. The fraction of sp³-hybridized carbons (Fsp3) is 0.800. The van der Waals surface area contributed by atoms with E-state index >= 15 is 0 Å². The zero-order valence-electron chi connectivity index (χ0n) is 9.38. The summed E-state index contributed by atoms with van der Waals surface area (Å²) in [5.74, 6) is -6.47. The lowest BCUT2D eigenvalue weighted by Crippen LogP contribution is -2.35. The minimum atomic E-state index is -5.64. The number of allylic oxidation sites excluding steroid dienone is 2. The second-order valence-corrected chi connectivity index (χ2v) is 3.90. The van der Waals surface area contributed by atoms with Crippen molar-refractivity contribution in [3.05, 3.63) is 12.2 Å². The van der Waals surface area contributed by atoms with Crippen LogP contribution in [0.1, 0.15) is 26.2 Å². The van der Waals surface area contributed by atoms with Gasteiger partial charge in [0, 0.05) is 6.42 Å². The monoisotopic (exact) mass is 284 g/mol. The summed E-state index contributed by atoms with van der Waals surface area (Å²) in [6, 6.07) is 0. The van der Waals surface area contributed by atoms with E-state index in [1.807, 2.05) is 0 Å². The van der Waals surface area contributed by atoms with Gasteiger partial charge in [-0.1, -0.05) is 19.1 Å². The van der Waals surface area contributed by atoms with Crippen molar-refractivity contribution < 1.29 is 35.1 Å². The molecule has 1 atom stereocenters. The van der Waals surface area contributed by atoms with Crippen molar-refractivity contribution >= 4 is 0 Å². The van der Waals surface area contributed by atoms with Gasteiger partial charge in [-0.05, 0) is 12.8 Å². The lowest BCUT2D eigenvalue weighted by molar-refractivity contribution is -0.280. The second-order valence-electron chi connectivity index (χ2n) is 3.90. The van der Waals surface area contributed by atoms with Gasteiger partial charge in [-0.3, -0.25) is 0 Å². The Morgan fingerprint density at radius 3 is 1.78 bits per heavy atom. The predicted molar refractivity (Wildman–Crippen MR) is 49.2 cm³/mol. The minimum absolute atomic E-state index is 0.200. The molecule has 0 bridgehead atoms. The maximum absolute atomic E-state index is 12.3. The van der Waals surface area contributed by atoms with Crippen molar-refractivity contribution in [1.29, 1.82) is 0 Å². The van der Waals surface area contributed by atoms with E-state index in [1.54, 1.807) is 0 Å². The molecule has 0 N–H and O–H groups in total. The van der Waals surface area contributed by atoms with Crippen molar-refractivity contribution in [2.45, 2.75) is 44.5 Å². The molecule has 0 aromatic rings. The van der Waals surface area contributed by atoms with E-state index in [4.69, 9.17) is 0 Å². The SMILES string of the molecule is CC(CCC=CCC(F)(F)C(F)(F)F)C(F)(F)F. The molecule has 0 aliphatic heterocycles. The van der Waals surface area contributed by atoms with Crippen LogP contribution in [0.3, 0.4) is 0 Å². The van der Waals surface area contributed by atoms with Gasteiger partial charge in [-0.15, -0.1) is 0 Å². The molecule has 0 amide bonds. The molecule has 0 heterocycles. The molecular formula is C10H12F8. The third-order valence-corrected chi connectivity index (χ3v) is 2.28. The Balaban J connectivity index is 4.08. The molecule has 0 radical (unpaired) electrons. The highest BCUT2D eigenvalue weighted by Gasteiger charge is 2.56. The Bertz CT molecular complexity index is 273. The molecule has 0 nitrogen and oxygen atoms in total. The Hall–Kier alpha value is -0.820. The Morgan fingerprint density at radius 1 is 0.889 bits per heavy atom. The van der Waals surface area contributed by atoms with E-state index in [0.29, 0.717) is 6.08 Å². The lowest BCUT2D eigenvalue weighted by atomic mass is 10.0. The smallest absolute Gasteiger partial charge is 0.196 e. The maximum atomic E-state index is 12.3. The van der Waals surface area contributed by atoms with Crippen LogP contribution < -0.4 is 0 Å².